The molecular weight excluding hydrogens is 482 g/mol. The largest absolute Gasteiger partial charge is 0.0882 e. The van der Waals surface area contributed by atoms with Gasteiger partial charge in [-0.05, 0) is 67.7 Å². The Bertz CT molecular complexity index is 1390. The molecule has 1 atom stereocenters. The maximum atomic E-state index is 2.52. The first kappa shape index (κ1) is 26.4. The van der Waals surface area contributed by atoms with Gasteiger partial charge in [-0.2, -0.15) is 0 Å². The molecule has 1 aliphatic carbocycles. The number of rotatable bonds is 5. The topological polar surface area (TPSA) is 0 Å². The molecule has 0 spiro atoms. The van der Waals surface area contributed by atoms with Gasteiger partial charge in [0.05, 0.1) is 0 Å². The van der Waals surface area contributed by atoms with Crippen LogP contribution in [0.2, 0.25) is 0 Å². The molecule has 0 fully saturated rings. The second-order valence-corrected chi connectivity index (χ2v) is 18.6. The number of allylic oxidation sites excluding steroid dienone is 4. The summed E-state index contributed by atoms with van der Waals surface area (Å²) in [6, 6.07) is 31.8. The van der Waals surface area contributed by atoms with Crippen molar-refractivity contribution in [2.45, 2.75) is 70.9 Å². The molecule has 0 aliphatic heterocycles. The van der Waals surface area contributed by atoms with Gasteiger partial charge in [0, 0.05) is 5.66 Å². The van der Waals surface area contributed by atoms with Crippen LogP contribution in [0.3, 0.4) is 0 Å². The van der Waals surface area contributed by atoms with Gasteiger partial charge in [0.15, 0.2) is 0 Å². The average molecular weight is 523 g/mol. The lowest BCUT2D eigenvalue weighted by Crippen LogP contribution is -2.31. The van der Waals surface area contributed by atoms with E-state index in [-0.39, 0.29) is 18.2 Å². The van der Waals surface area contributed by atoms with Crippen molar-refractivity contribution >= 4 is 48.0 Å². The van der Waals surface area contributed by atoms with E-state index < -0.39 is 7.92 Å². The van der Waals surface area contributed by atoms with Crippen LogP contribution >= 0.6 is 15.8 Å². The predicted molar refractivity (Wildman–Crippen MR) is 171 cm³/mol. The second kappa shape index (κ2) is 10.1. The first-order chi connectivity index (χ1) is 17.6. The van der Waals surface area contributed by atoms with Crippen LogP contribution in [0.1, 0.15) is 54.9 Å². The molecule has 37 heavy (non-hydrogen) atoms. The van der Waals surface area contributed by atoms with Gasteiger partial charge in [-0.3, -0.25) is 0 Å². The van der Waals surface area contributed by atoms with E-state index >= 15 is 0 Å². The van der Waals surface area contributed by atoms with Gasteiger partial charge in [-0.25, -0.2) is 0 Å². The van der Waals surface area contributed by atoms with Crippen LogP contribution in [0.5, 0.6) is 0 Å². The molecule has 2 heteroatoms. The molecule has 0 aromatic heterocycles. The van der Waals surface area contributed by atoms with E-state index in [4.69, 9.17) is 0 Å². The first-order valence-electron chi connectivity index (χ1n) is 13.5. The maximum absolute atomic E-state index is 2.52. The number of hydrogen-bond acceptors (Lipinski definition) is 0. The Balaban J connectivity index is 1.79. The van der Waals surface area contributed by atoms with E-state index in [9.17, 15) is 0 Å². The molecule has 5 rings (SSSR count). The summed E-state index contributed by atoms with van der Waals surface area (Å²) in [5.41, 5.74) is 2.14. The average Bonchev–Trinajstić information content (AvgIpc) is 3.32. The van der Waals surface area contributed by atoms with Crippen molar-refractivity contribution in [2.75, 3.05) is 0 Å². The lowest BCUT2D eigenvalue weighted by atomic mass is 10.1. The minimum Gasteiger partial charge on any atom is -0.0882 e. The van der Waals surface area contributed by atoms with E-state index in [0.29, 0.717) is 5.66 Å². The molecule has 1 unspecified atom stereocenters. The van der Waals surface area contributed by atoms with E-state index in [1.807, 2.05) is 0 Å². The van der Waals surface area contributed by atoms with Gasteiger partial charge in [0.25, 0.3) is 0 Å². The van der Waals surface area contributed by atoms with Crippen LogP contribution in [-0.4, -0.2) is 16.0 Å². The lowest BCUT2D eigenvalue weighted by Gasteiger charge is -2.46. The Morgan fingerprint density at radius 1 is 0.622 bits per heavy atom. The van der Waals surface area contributed by atoms with Crippen LogP contribution in [0, 0.1) is 0 Å². The SMILES string of the molecule is CC(C1=C(P(c2cccc3ccccc23)c2cccc3ccccc23)CC=C1)P(C(C)(C)C)C(C)(C)C. The van der Waals surface area contributed by atoms with Gasteiger partial charge in [0.1, 0.15) is 0 Å². The monoisotopic (exact) mass is 522 g/mol. The molecule has 1 aliphatic rings. The van der Waals surface area contributed by atoms with Crippen LogP contribution in [0.15, 0.2) is 108 Å². The third kappa shape index (κ3) is 5.09. The van der Waals surface area contributed by atoms with Gasteiger partial charge >= 0.3 is 0 Å². The summed E-state index contributed by atoms with van der Waals surface area (Å²) < 4.78 is 0. The Labute approximate surface area is 226 Å². The summed E-state index contributed by atoms with van der Waals surface area (Å²) in [5, 5.41) is 10.6. The number of benzene rings is 4. The third-order valence-corrected chi connectivity index (χ3v) is 14.2. The molecule has 0 nitrogen and oxygen atoms in total. The Morgan fingerprint density at radius 2 is 1.08 bits per heavy atom. The summed E-state index contributed by atoms with van der Waals surface area (Å²) in [4.78, 5) is 0. The molecule has 0 heterocycles. The number of fused-ring (bicyclic) bond motifs is 2. The van der Waals surface area contributed by atoms with Gasteiger partial charge in [0.2, 0.25) is 0 Å². The van der Waals surface area contributed by atoms with Crippen molar-refractivity contribution in [3.63, 3.8) is 0 Å². The van der Waals surface area contributed by atoms with Crippen LogP contribution in [-0.2, 0) is 0 Å². The highest BCUT2D eigenvalue weighted by atomic mass is 31.1. The minimum atomic E-state index is -0.692. The van der Waals surface area contributed by atoms with Crippen molar-refractivity contribution in [1.29, 1.82) is 0 Å². The first-order valence-corrected chi connectivity index (χ1v) is 16.3. The summed E-state index contributed by atoms with van der Waals surface area (Å²) in [6.45, 7) is 17.3. The summed E-state index contributed by atoms with van der Waals surface area (Å²) in [6.07, 6.45) is 5.97. The van der Waals surface area contributed by atoms with E-state index in [2.05, 4.69) is 146 Å². The van der Waals surface area contributed by atoms with Crippen molar-refractivity contribution in [3.8, 4) is 0 Å². The van der Waals surface area contributed by atoms with Crippen LogP contribution in [0.25, 0.3) is 21.5 Å². The van der Waals surface area contributed by atoms with Crippen molar-refractivity contribution in [1.82, 2.24) is 0 Å². The van der Waals surface area contributed by atoms with Gasteiger partial charge in [-0.15, -0.1) is 0 Å². The Morgan fingerprint density at radius 3 is 1.57 bits per heavy atom. The third-order valence-electron chi connectivity index (χ3n) is 7.51. The molecule has 0 amide bonds. The smallest absolute Gasteiger partial charge is 0.00262 e. The molecule has 0 radical (unpaired) electrons. The van der Waals surface area contributed by atoms with Crippen molar-refractivity contribution in [2.24, 2.45) is 0 Å². The fourth-order valence-corrected chi connectivity index (χ4v) is 14.6. The highest BCUT2D eigenvalue weighted by molar-refractivity contribution is 7.77. The molecule has 0 saturated heterocycles. The zero-order valence-electron chi connectivity index (χ0n) is 23.4. The summed E-state index contributed by atoms with van der Waals surface area (Å²) in [7, 11) is -0.964. The molecule has 190 valence electrons. The molecule has 0 N–H and O–H groups in total. The standard InChI is InChI=1S/C35H40P2/c1-25(37(34(2,3)4)35(5,6)7)28-21-14-24-31(28)36(32-22-12-17-26-15-8-10-19-29(26)32)33-23-13-18-27-16-9-11-20-30(27)33/h8-23,25H,24H2,1-7H3. The molecule has 0 bridgehead atoms. The normalized spacial score (nSPS) is 15.5. The minimum absolute atomic E-state index is 0.272. The van der Waals surface area contributed by atoms with E-state index in [1.54, 1.807) is 10.9 Å². The summed E-state index contributed by atoms with van der Waals surface area (Å²) in [5.74, 6) is 0. The highest BCUT2D eigenvalue weighted by Gasteiger charge is 2.40. The van der Waals surface area contributed by atoms with Gasteiger partial charge < -0.3 is 0 Å². The van der Waals surface area contributed by atoms with Crippen LogP contribution < -0.4 is 10.6 Å². The molecular formula is C35H40P2. The zero-order chi connectivity index (χ0) is 26.4. The maximum Gasteiger partial charge on any atom is 0.00262 e. The molecule has 4 aromatic carbocycles. The van der Waals surface area contributed by atoms with Crippen molar-refractivity contribution < 1.29 is 0 Å². The Kier molecular flexibility index (Phi) is 7.22. The van der Waals surface area contributed by atoms with Crippen molar-refractivity contribution in [3.05, 3.63) is 108 Å². The predicted octanol–water partition coefficient (Wildman–Crippen LogP) is 10.1. The quantitative estimate of drug-likeness (QED) is 0.229. The second-order valence-electron chi connectivity index (χ2n) is 12.2. The van der Waals surface area contributed by atoms with E-state index in [1.165, 1.54) is 32.2 Å². The molecule has 4 aromatic rings. The lowest BCUT2D eigenvalue weighted by molar-refractivity contribution is 0.695. The fourth-order valence-electron chi connectivity index (χ4n) is 6.65. The zero-order valence-corrected chi connectivity index (χ0v) is 25.2. The number of hydrogen-bond donors (Lipinski definition) is 0. The van der Waals surface area contributed by atoms with Crippen LogP contribution in [0.4, 0.5) is 0 Å². The summed E-state index contributed by atoms with van der Waals surface area (Å²) >= 11 is 0. The Hall–Kier alpha value is -2.26. The van der Waals surface area contributed by atoms with Gasteiger partial charge in [-0.1, -0.05) is 153 Å². The molecule has 0 saturated carbocycles. The van der Waals surface area contributed by atoms with E-state index in [0.717, 1.165) is 6.42 Å². The highest BCUT2D eigenvalue weighted by Crippen LogP contribution is 2.66. The fraction of sp³-hybridized carbons (Fsp3) is 0.314.